The van der Waals surface area contributed by atoms with E-state index in [-0.39, 0.29) is 12.1 Å². The van der Waals surface area contributed by atoms with Crippen molar-refractivity contribution in [3.63, 3.8) is 0 Å². The van der Waals surface area contributed by atoms with Gasteiger partial charge in [0.2, 0.25) is 5.95 Å². The zero-order valence-electron chi connectivity index (χ0n) is 16.8. The van der Waals surface area contributed by atoms with E-state index in [1.165, 1.54) is 0 Å². The predicted octanol–water partition coefficient (Wildman–Crippen LogP) is 3.17. The van der Waals surface area contributed by atoms with Gasteiger partial charge in [-0.05, 0) is 38.8 Å². The van der Waals surface area contributed by atoms with Crippen LogP contribution < -0.4 is 16.4 Å². The van der Waals surface area contributed by atoms with E-state index in [4.69, 9.17) is 5.73 Å². The molecule has 2 unspecified atom stereocenters. The maximum atomic E-state index is 9.98. The lowest BCUT2D eigenvalue weighted by Gasteiger charge is -2.20. The van der Waals surface area contributed by atoms with Gasteiger partial charge in [-0.15, -0.1) is 0 Å². The lowest BCUT2D eigenvalue weighted by Crippen LogP contribution is -2.31. The van der Waals surface area contributed by atoms with Crippen molar-refractivity contribution in [1.82, 2.24) is 19.5 Å². The fourth-order valence-corrected chi connectivity index (χ4v) is 3.09. The number of anilines is 3. The van der Waals surface area contributed by atoms with Crippen molar-refractivity contribution < 1.29 is 5.11 Å². The molecule has 8 heteroatoms. The van der Waals surface area contributed by atoms with Crippen molar-refractivity contribution in [2.45, 2.75) is 58.8 Å². The molecule has 150 valence electrons. The molecule has 2 atom stereocenters. The molecule has 0 saturated heterocycles. The van der Waals surface area contributed by atoms with Gasteiger partial charge in [-0.2, -0.15) is 9.97 Å². The van der Waals surface area contributed by atoms with Gasteiger partial charge in [0.05, 0.1) is 18.5 Å². The molecule has 8 nitrogen and oxygen atoms in total. The van der Waals surface area contributed by atoms with Crippen LogP contribution in [0, 0.1) is 0 Å². The average molecular weight is 384 g/mol. The third kappa shape index (κ3) is 4.17. The number of rotatable bonds is 8. The first kappa shape index (κ1) is 19.9. The number of aliphatic hydroxyl groups is 1. The highest BCUT2D eigenvalue weighted by Crippen LogP contribution is 2.25. The van der Waals surface area contributed by atoms with Gasteiger partial charge in [-0.1, -0.05) is 25.1 Å². The van der Waals surface area contributed by atoms with Crippen molar-refractivity contribution in [2.75, 3.05) is 16.4 Å². The zero-order chi connectivity index (χ0) is 20.3. The summed E-state index contributed by atoms with van der Waals surface area (Å²) in [6, 6.07) is 7.80. The van der Waals surface area contributed by atoms with E-state index in [0.717, 1.165) is 23.3 Å². The van der Waals surface area contributed by atoms with E-state index >= 15 is 0 Å². The topological polar surface area (TPSA) is 114 Å². The molecule has 5 N–H and O–H groups in total. The molecular weight excluding hydrogens is 354 g/mol. The van der Waals surface area contributed by atoms with E-state index in [1.807, 2.05) is 35.8 Å². The first-order valence-electron chi connectivity index (χ1n) is 9.67. The van der Waals surface area contributed by atoms with E-state index < -0.39 is 6.10 Å². The van der Waals surface area contributed by atoms with Crippen LogP contribution in [0.4, 0.5) is 17.5 Å². The van der Waals surface area contributed by atoms with Crippen LogP contribution in [0.1, 0.15) is 45.7 Å². The second-order valence-corrected chi connectivity index (χ2v) is 7.27. The second-order valence-electron chi connectivity index (χ2n) is 7.27. The molecule has 2 heterocycles. The SMILES string of the molecule is CCC(Nc1nc(NCc2ccccc2N)c2ncn(C(C)C)c2n1)C(C)O. The molecule has 0 aliphatic heterocycles. The van der Waals surface area contributed by atoms with Gasteiger partial charge in [-0.25, -0.2) is 4.98 Å². The fraction of sp³-hybridized carbons (Fsp3) is 0.450. The summed E-state index contributed by atoms with van der Waals surface area (Å²) in [6.07, 6.45) is 2.02. The number of hydrogen-bond donors (Lipinski definition) is 4. The van der Waals surface area contributed by atoms with E-state index in [0.29, 0.717) is 23.8 Å². The van der Waals surface area contributed by atoms with E-state index in [9.17, 15) is 5.11 Å². The summed E-state index contributed by atoms with van der Waals surface area (Å²) >= 11 is 0. The summed E-state index contributed by atoms with van der Waals surface area (Å²) in [5, 5.41) is 16.6. The number of nitrogens with two attached hydrogens (primary N) is 1. The number of aliphatic hydroxyl groups excluding tert-OH is 1. The molecule has 0 aliphatic carbocycles. The Hall–Kier alpha value is -2.87. The first-order valence-corrected chi connectivity index (χ1v) is 9.67. The predicted molar refractivity (Wildman–Crippen MR) is 113 cm³/mol. The minimum Gasteiger partial charge on any atom is -0.398 e. The maximum absolute atomic E-state index is 9.98. The maximum Gasteiger partial charge on any atom is 0.227 e. The van der Waals surface area contributed by atoms with E-state index in [1.54, 1.807) is 13.3 Å². The van der Waals surface area contributed by atoms with Gasteiger partial charge < -0.3 is 26.0 Å². The highest BCUT2D eigenvalue weighted by Gasteiger charge is 2.18. The van der Waals surface area contributed by atoms with Crippen LogP contribution in [0.15, 0.2) is 30.6 Å². The minimum atomic E-state index is -0.514. The largest absolute Gasteiger partial charge is 0.398 e. The van der Waals surface area contributed by atoms with E-state index in [2.05, 4.69) is 39.4 Å². The van der Waals surface area contributed by atoms with Crippen LogP contribution in [-0.4, -0.2) is 36.8 Å². The quantitative estimate of drug-likeness (QED) is 0.442. The minimum absolute atomic E-state index is 0.134. The van der Waals surface area contributed by atoms with Crippen LogP contribution in [0.3, 0.4) is 0 Å². The van der Waals surface area contributed by atoms with Crippen molar-refractivity contribution in [2.24, 2.45) is 0 Å². The fourth-order valence-electron chi connectivity index (χ4n) is 3.09. The number of para-hydroxylation sites is 1. The summed E-state index contributed by atoms with van der Waals surface area (Å²) in [5.74, 6) is 1.10. The molecule has 2 aromatic heterocycles. The Morgan fingerprint density at radius 2 is 1.93 bits per heavy atom. The molecule has 0 aliphatic rings. The van der Waals surface area contributed by atoms with Crippen LogP contribution in [0.2, 0.25) is 0 Å². The van der Waals surface area contributed by atoms with Crippen LogP contribution in [0.5, 0.6) is 0 Å². The third-order valence-electron chi connectivity index (χ3n) is 4.82. The Labute approximate surface area is 165 Å². The molecule has 0 saturated carbocycles. The molecule has 28 heavy (non-hydrogen) atoms. The standard InChI is InChI=1S/C20H29N7O/c1-5-16(13(4)28)24-20-25-18(22-10-14-8-6-7-9-15(14)21)17-19(26-20)27(11-23-17)12(2)3/h6-9,11-13,16,28H,5,10,21H2,1-4H3,(H2,22,24,25,26). The van der Waals surface area contributed by atoms with Crippen LogP contribution in [0.25, 0.3) is 11.2 Å². The molecule has 0 bridgehead atoms. The number of nitrogens with zero attached hydrogens (tertiary/aromatic N) is 4. The van der Waals surface area contributed by atoms with Gasteiger partial charge in [0.1, 0.15) is 0 Å². The molecule has 0 spiro atoms. The molecule has 0 radical (unpaired) electrons. The highest BCUT2D eigenvalue weighted by molar-refractivity contribution is 5.84. The van der Waals surface area contributed by atoms with Gasteiger partial charge in [0.15, 0.2) is 17.0 Å². The summed E-state index contributed by atoms with van der Waals surface area (Å²) in [6.45, 7) is 8.46. The molecule has 3 rings (SSSR count). The summed E-state index contributed by atoms with van der Waals surface area (Å²) < 4.78 is 2.01. The van der Waals surface area contributed by atoms with Crippen molar-refractivity contribution in [1.29, 1.82) is 0 Å². The van der Waals surface area contributed by atoms with Gasteiger partial charge >= 0.3 is 0 Å². The monoisotopic (exact) mass is 383 g/mol. The number of hydrogen-bond acceptors (Lipinski definition) is 7. The summed E-state index contributed by atoms with van der Waals surface area (Å²) in [4.78, 5) is 13.8. The normalized spacial score (nSPS) is 13.6. The number of fused-ring (bicyclic) bond motifs is 1. The molecule has 1 aromatic carbocycles. The lowest BCUT2D eigenvalue weighted by molar-refractivity contribution is 0.169. The van der Waals surface area contributed by atoms with Crippen LogP contribution in [-0.2, 0) is 6.54 Å². The number of nitrogens with one attached hydrogen (secondary N) is 2. The van der Waals surface area contributed by atoms with Crippen molar-refractivity contribution in [3.05, 3.63) is 36.2 Å². The Balaban J connectivity index is 1.98. The van der Waals surface area contributed by atoms with Crippen molar-refractivity contribution >= 4 is 28.6 Å². The molecule has 3 aromatic rings. The van der Waals surface area contributed by atoms with Crippen LogP contribution >= 0.6 is 0 Å². The summed E-state index contributed by atoms with van der Waals surface area (Å²) in [5.41, 5.74) is 9.23. The molecule has 0 amide bonds. The Kier molecular flexibility index (Phi) is 5.99. The van der Waals surface area contributed by atoms with Gasteiger partial charge in [-0.3, -0.25) is 0 Å². The Morgan fingerprint density at radius 3 is 2.57 bits per heavy atom. The summed E-state index contributed by atoms with van der Waals surface area (Å²) in [7, 11) is 0. The second kappa shape index (κ2) is 8.43. The Bertz CT molecular complexity index is 935. The number of aromatic nitrogens is 4. The smallest absolute Gasteiger partial charge is 0.227 e. The molecular formula is C20H29N7O. The molecule has 0 fully saturated rings. The zero-order valence-corrected chi connectivity index (χ0v) is 16.8. The lowest BCUT2D eigenvalue weighted by atomic mass is 10.1. The third-order valence-corrected chi connectivity index (χ3v) is 4.82. The van der Waals surface area contributed by atoms with Gasteiger partial charge in [0, 0.05) is 18.3 Å². The number of nitrogen functional groups attached to an aromatic ring is 1. The van der Waals surface area contributed by atoms with Crippen molar-refractivity contribution in [3.8, 4) is 0 Å². The Morgan fingerprint density at radius 1 is 1.18 bits per heavy atom. The van der Waals surface area contributed by atoms with Gasteiger partial charge in [0.25, 0.3) is 0 Å². The first-order chi connectivity index (χ1) is 13.4. The highest BCUT2D eigenvalue weighted by atomic mass is 16.3. The number of benzene rings is 1. The number of imidazole rings is 1. The average Bonchev–Trinajstić information content (AvgIpc) is 3.09.